The smallest absolute Gasteiger partial charge is 0.425 e. The normalized spacial score (nSPS) is 12.2. The Morgan fingerprint density at radius 2 is 1.44 bits per heavy atom. The molecule has 3 aromatic rings. The molecular formula is C27H28N2O7. The van der Waals surface area contributed by atoms with Gasteiger partial charge in [0.2, 0.25) is 0 Å². The van der Waals surface area contributed by atoms with E-state index in [9.17, 15) is 24.6 Å². The third-order valence-electron chi connectivity index (χ3n) is 5.47. The molecule has 0 bridgehead atoms. The number of carboxylic acid groups (broad SMARTS) is 1. The first-order valence-electron chi connectivity index (χ1n) is 11.3. The van der Waals surface area contributed by atoms with Crippen molar-refractivity contribution < 1.29 is 34.1 Å². The predicted molar refractivity (Wildman–Crippen MR) is 131 cm³/mol. The number of ether oxygens (including phenoxy) is 2. The van der Waals surface area contributed by atoms with Crippen LogP contribution in [0.1, 0.15) is 16.7 Å². The number of para-hydroxylation sites is 1. The van der Waals surface area contributed by atoms with E-state index in [0.717, 1.165) is 10.6 Å². The van der Waals surface area contributed by atoms with Crippen molar-refractivity contribution in [2.75, 3.05) is 7.11 Å². The number of methoxy groups -OCH3 is 1. The Kier molecular flexibility index (Phi) is 9.41. The number of esters is 1. The van der Waals surface area contributed by atoms with E-state index in [2.05, 4.69) is 5.43 Å². The van der Waals surface area contributed by atoms with Crippen LogP contribution in [0.5, 0.6) is 5.75 Å². The summed E-state index contributed by atoms with van der Waals surface area (Å²) in [6.07, 6.45) is -1.07. The number of carbonyl (C=O) groups excluding carboxylic acids is 2. The van der Waals surface area contributed by atoms with Crippen molar-refractivity contribution in [2.24, 2.45) is 0 Å². The molecule has 0 aliphatic carbocycles. The summed E-state index contributed by atoms with van der Waals surface area (Å²) < 4.78 is 10.4. The number of aliphatic carboxylic acids is 1. The van der Waals surface area contributed by atoms with Crippen LogP contribution in [0.4, 0.5) is 4.79 Å². The Morgan fingerprint density at radius 3 is 2.03 bits per heavy atom. The number of benzene rings is 3. The number of aromatic hydroxyl groups is 1. The van der Waals surface area contributed by atoms with Gasteiger partial charge in [0.15, 0.2) is 6.04 Å². The summed E-state index contributed by atoms with van der Waals surface area (Å²) in [4.78, 5) is 38.2. The topological polar surface area (TPSA) is 125 Å². The zero-order chi connectivity index (χ0) is 25.9. The van der Waals surface area contributed by atoms with E-state index in [1.54, 1.807) is 66.7 Å². The minimum absolute atomic E-state index is 0.0455. The van der Waals surface area contributed by atoms with Crippen LogP contribution >= 0.6 is 0 Å². The fraction of sp³-hybridized carbons (Fsp3) is 0.222. The van der Waals surface area contributed by atoms with Gasteiger partial charge in [0.05, 0.1) is 7.11 Å². The Bertz CT molecular complexity index is 1160. The van der Waals surface area contributed by atoms with E-state index >= 15 is 0 Å². The third kappa shape index (κ3) is 7.31. The van der Waals surface area contributed by atoms with Gasteiger partial charge in [-0.25, -0.2) is 20.0 Å². The molecule has 36 heavy (non-hydrogen) atoms. The molecule has 3 rings (SSSR count). The van der Waals surface area contributed by atoms with Crippen LogP contribution in [0.15, 0.2) is 84.9 Å². The largest absolute Gasteiger partial charge is 0.508 e. The highest BCUT2D eigenvalue weighted by molar-refractivity contribution is 5.82. The van der Waals surface area contributed by atoms with Gasteiger partial charge in [-0.15, -0.1) is 0 Å². The first-order valence-corrected chi connectivity index (χ1v) is 11.3. The number of nitrogens with zero attached hydrogens (tertiary/aromatic N) is 1. The Balaban J connectivity index is 1.91. The van der Waals surface area contributed by atoms with Crippen molar-refractivity contribution in [3.05, 3.63) is 102 Å². The van der Waals surface area contributed by atoms with Crippen molar-refractivity contribution in [3.63, 3.8) is 0 Å². The number of hydrazine groups is 1. The quantitative estimate of drug-likeness (QED) is 0.275. The van der Waals surface area contributed by atoms with Gasteiger partial charge in [0, 0.05) is 12.8 Å². The van der Waals surface area contributed by atoms with Crippen molar-refractivity contribution in [3.8, 4) is 5.75 Å². The molecule has 0 aliphatic heterocycles. The summed E-state index contributed by atoms with van der Waals surface area (Å²) in [6.45, 7) is -0.0890. The van der Waals surface area contributed by atoms with Crippen LogP contribution in [0.2, 0.25) is 0 Å². The molecule has 0 aliphatic rings. The molecule has 3 aromatic carbocycles. The fourth-order valence-electron chi connectivity index (χ4n) is 3.57. The van der Waals surface area contributed by atoms with Crippen LogP contribution in [0.3, 0.4) is 0 Å². The van der Waals surface area contributed by atoms with Gasteiger partial charge in [0.1, 0.15) is 18.4 Å². The number of phenols is 1. The zero-order valence-electron chi connectivity index (χ0n) is 19.7. The van der Waals surface area contributed by atoms with Gasteiger partial charge in [0.25, 0.3) is 0 Å². The first-order chi connectivity index (χ1) is 17.4. The van der Waals surface area contributed by atoms with Gasteiger partial charge in [-0.3, -0.25) is 4.79 Å². The minimum atomic E-state index is -1.37. The van der Waals surface area contributed by atoms with Gasteiger partial charge in [-0.2, -0.15) is 0 Å². The number of carboxylic acids is 1. The second kappa shape index (κ2) is 12.9. The van der Waals surface area contributed by atoms with E-state index in [-0.39, 0.29) is 25.2 Å². The van der Waals surface area contributed by atoms with Gasteiger partial charge in [-0.1, -0.05) is 78.9 Å². The number of hydrogen-bond donors (Lipinski definition) is 3. The van der Waals surface area contributed by atoms with Crippen molar-refractivity contribution in [1.29, 1.82) is 0 Å². The maximum Gasteiger partial charge on any atom is 0.425 e. The summed E-state index contributed by atoms with van der Waals surface area (Å²) in [6, 6.07) is 21.6. The highest BCUT2D eigenvalue weighted by Gasteiger charge is 2.36. The van der Waals surface area contributed by atoms with Crippen molar-refractivity contribution in [1.82, 2.24) is 10.4 Å². The van der Waals surface area contributed by atoms with Crippen LogP contribution < -0.4 is 5.43 Å². The lowest BCUT2D eigenvalue weighted by Gasteiger charge is -2.32. The molecule has 0 aromatic heterocycles. The molecule has 0 heterocycles. The van der Waals surface area contributed by atoms with E-state index in [4.69, 9.17) is 9.47 Å². The summed E-state index contributed by atoms with van der Waals surface area (Å²) in [5, 5.41) is 20.9. The molecule has 2 atom stereocenters. The number of hydrogen-bond acceptors (Lipinski definition) is 7. The van der Waals surface area contributed by atoms with E-state index in [1.807, 2.05) is 12.1 Å². The van der Waals surface area contributed by atoms with Gasteiger partial charge in [-0.05, 0) is 22.8 Å². The molecule has 188 valence electrons. The third-order valence-corrected chi connectivity index (χ3v) is 5.47. The molecule has 1 amide bonds. The second-order valence-electron chi connectivity index (χ2n) is 7.99. The Morgan fingerprint density at radius 1 is 0.861 bits per heavy atom. The first kappa shape index (κ1) is 26.2. The number of rotatable bonds is 11. The van der Waals surface area contributed by atoms with Gasteiger partial charge < -0.3 is 19.7 Å². The predicted octanol–water partition coefficient (Wildman–Crippen LogP) is 3.32. The van der Waals surface area contributed by atoms with E-state index < -0.39 is 30.1 Å². The molecule has 9 heteroatoms. The highest BCUT2D eigenvalue weighted by atomic mass is 16.6. The minimum Gasteiger partial charge on any atom is -0.508 e. The molecule has 3 N–H and O–H groups in total. The van der Waals surface area contributed by atoms with E-state index in [1.165, 1.54) is 13.2 Å². The maximum absolute atomic E-state index is 13.2. The molecule has 0 saturated carbocycles. The standard InChI is InChI=1S/C27H28N2O7/c1-35-26(33)23(16-19-10-4-2-5-11-19)29(27(34)36-18-20-12-6-3-7-13-20)28-22(25(31)32)17-21-14-8-9-15-24(21)30/h2-15,22-23,28,30H,16-18H2,1H3,(H,31,32)/t22-,23-/m0/s1. The summed E-state index contributed by atoms with van der Waals surface area (Å²) >= 11 is 0. The second-order valence-corrected chi connectivity index (χ2v) is 7.99. The van der Waals surface area contributed by atoms with E-state index in [0.29, 0.717) is 11.1 Å². The molecule has 0 spiro atoms. The monoisotopic (exact) mass is 492 g/mol. The lowest BCUT2D eigenvalue weighted by Crippen LogP contribution is -2.59. The van der Waals surface area contributed by atoms with Crippen LogP contribution in [-0.2, 0) is 38.5 Å². The van der Waals surface area contributed by atoms with Crippen molar-refractivity contribution in [2.45, 2.75) is 31.5 Å². The number of phenolic OH excluding ortho intramolecular Hbond substituents is 1. The molecule has 9 nitrogen and oxygen atoms in total. The van der Waals surface area contributed by atoms with Crippen molar-refractivity contribution >= 4 is 18.0 Å². The molecule has 0 radical (unpaired) electrons. The molecular weight excluding hydrogens is 464 g/mol. The Hall–Kier alpha value is -4.37. The van der Waals surface area contributed by atoms with Crippen LogP contribution in [0.25, 0.3) is 0 Å². The Labute approximate surface area is 208 Å². The maximum atomic E-state index is 13.2. The number of nitrogens with one attached hydrogen (secondary N) is 1. The SMILES string of the molecule is COC(=O)[C@H](Cc1ccccc1)N(N[C@@H](Cc1ccccc1O)C(=O)O)C(=O)OCc1ccccc1. The average Bonchev–Trinajstić information content (AvgIpc) is 2.90. The highest BCUT2D eigenvalue weighted by Crippen LogP contribution is 2.19. The molecule has 0 unspecified atom stereocenters. The molecule has 0 fully saturated rings. The fourth-order valence-corrected chi connectivity index (χ4v) is 3.57. The summed E-state index contributed by atoms with van der Waals surface area (Å²) in [5.74, 6) is -2.13. The molecule has 0 saturated heterocycles. The van der Waals surface area contributed by atoms with Crippen LogP contribution in [-0.4, -0.2) is 52.4 Å². The number of carbonyl (C=O) groups is 3. The lowest BCUT2D eigenvalue weighted by atomic mass is 10.0. The zero-order valence-corrected chi connectivity index (χ0v) is 19.7. The summed E-state index contributed by atoms with van der Waals surface area (Å²) in [7, 11) is 1.19. The van der Waals surface area contributed by atoms with Gasteiger partial charge >= 0.3 is 18.0 Å². The number of amides is 1. The lowest BCUT2D eigenvalue weighted by molar-refractivity contribution is -0.150. The van der Waals surface area contributed by atoms with Crippen LogP contribution in [0, 0.1) is 0 Å². The summed E-state index contributed by atoms with van der Waals surface area (Å²) in [5.41, 5.74) is 4.44. The average molecular weight is 493 g/mol.